The number of benzene rings is 2. The van der Waals surface area contributed by atoms with Crippen molar-refractivity contribution in [3.63, 3.8) is 0 Å². The maximum Gasteiger partial charge on any atom is 0.417 e. The normalized spacial score (nSPS) is 13.2. The Labute approximate surface area is 158 Å². The molecule has 10 heteroatoms. The summed E-state index contributed by atoms with van der Waals surface area (Å²) in [6.45, 7) is 2.52. The van der Waals surface area contributed by atoms with E-state index in [-0.39, 0.29) is 11.3 Å². The Morgan fingerprint density at radius 2 is 1.82 bits per heavy atom. The van der Waals surface area contributed by atoms with E-state index in [9.17, 15) is 30.8 Å². The van der Waals surface area contributed by atoms with Crippen LogP contribution < -0.4 is 4.74 Å². The summed E-state index contributed by atoms with van der Waals surface area (Å²) in [7, 11) is -4.15. The smallest absolute Gasteiger partial charge is 0.417 e. The molecular weight excluding hydrogens is 404 g/mol. The molecule has 0 fully saturated rings. The van der Waals surface area contributed by atoms with Crippen molar-refractivity contribution in [2.75, 3.05) is 5.75 Å². The van der Waals surface area contributed by atoms with Crippen molar-refractivity contribution in [2.45, 2.75) is 30.8 Å². The van der Waals surface area contributed by atoms with Gasteiger partial charge in [-0.25, -0.2) is 12.8 Å². The van der Waals surface area contributed by atoms with Crippen LogP contribution in [0.3, 0.4) is 0 Å². The average Bonchev–Trinajstić information content (AvgIpc) is 2.60. The van der Waals surface area contributed by atoms with Gasteiger partial charge in [-0.3, -0.25) is 4.79 Å². The van der Waals surface area contributed by atoms with E-state index in [0.717, 1.165) is 30.3 Å². The van der Waals surface area contributed by atoms with Gasteiger partial charge in [-0.1, -0.05) is 13.0 Å². The third kappa shape index (κ3) is 4.61. The summed E-state index contributed by atoms with van der Waals surface area (Å²) in [5, 5.41) is 9.13. The fourth-order valence-electron chi connectivity index (χ4n) is 2.44. The first-order valence-corrected chi connectivity index (χ1v) is 9.66. The van der Waals surface area contributed by atoms with Crippen LogP contribution in [0.25, 0.3) is 0 Å². The molecule has 0 saturated heterocycles. The molecule has 0 aliphatic rings. The maximum absolute atomic E-state index is 13.6. The quantitative estimate of drug-likeness (QED) is 0.690. The summed E-state index contributed by atoms with van der Waals surface area (Å²) in [5.74, 6) is -4.35. The Hall–Kier alpha value is -2.62. The van der Waals surface area contributed by atoms with Gasteiger partial charge in [0.1, 0.15) is 17.3 Å². The summed E-state index contributed by atoms with van der Waals surface area (Å²) < 4.78 is 82.8. The molecule has 1 N–H and O–H groups in total. The average molecular weight is 420 g/mol. The number of hydrogen-bond donors (Lipinski definition) is 1. The largest absolute Gasteiger partial charge is 0.481 e. The first-order valence-electron chi connectivity index (χ1n) is 8.01. The van der Waals surface area contributed by atoms with E-state index in [4.69, 9.17) is 9.84 Å². The van der Waals surface area contributed by atoms with Crippen LogP contribution in [0.4, 0.5) is 17.6 Å². The highest BCUT2D eigenvalue weighted by Gasteiger charge is 2.37. The molecule has 2 aromatic rings. The molecule has 0 amide bonds. The van der Waals surface area contributed by atoms with Gasteiger partial charge in [0.15, 0.2) is 9.84 Å². The first-order chi connectivity index (χ1) is 12.9. The van der Waals surface area contributed by atoms with Gasteiger partial charge in [0, 0.05) is 11.6 Å². The lowest BCUT2D eigenvalue weighted by Crippen LogP contribution is -2.15. The summed E-state index contributed by atoms with van der Waals surface area (Å²) in [5.41, 5.74) is -1.37. The van der Waals surface area contributed by atoms with Crippen molar-refractivity contribution < 1.29 is 40.6 Å². The number of carbonyl (C=O) groups is 1. The molecule has 152 valence electrons. The second kappa shape index (κ2) is 7.78. The SMILES string of the molecule is CCS(=O)(=O)c1ccc(Oc2cc(F)ccc2C(C)C(=O)O)cc1C(F)(F)F. The summed E-state index contributed by atoms with van der Waals surface area (Å²) >= 11 is 0. The fourth-order valence-corrected chi connectivity index (χ4v) is 3.53. The monoisotopic (exact) mass is 420 g/mol. The van der Waals surface area contributed by atoms with Gasteiger partial charge >= 0.3 is 12.1 Å². The minimum Gasteiger partial charge on any atom is -0.481 e. The number of alkyl halides is 3. The zero-order valence-corrected chi connectivity index (χ0v) is 15.6. The Kier molecular flexibility index (Phi) is 6.03. The van der Waals surface area contributed by atoms with Crippen molar-refractivity contribution in [3.05, 3.63) is 53.3 Å². The van der Waals surface area contributed by atoms with Crippen LogP contribution in [-0.2, 0) is 20.8 Å². The van der Waals surface area contributed by atoms with E-state index < -0.39 is 55.7 Å². The number of ether oxygens (including phenoxy) is 1. The van der Waals surface area contributed by atoms with Crippen LogP contribution >= 0.6 is 0 Å². The lowest BCUT2D eigenvalue weighted by molar-refractivity contribution is -0.140. The van der Waals surface area contributed by atoms with E-state index >= 15 is 0 Å². The maximum atomic E-state index is 13.6. The van der Waals surface area contributed by atoms with E-state index in [1.54, 1.807) is 0 Å². The van der Waals surface area contributed by atoms with Crippen LogP contribution in [0, 0.1) is 5.82 Å². The molecule has 0 bridgehead atoms. The van der Waals surface area contributed by atoms with Crippen LogP contribution in [0.15, 0.2) is 41.3 Å². The molecule has 0 saturated carbocycles. The zero-order chi connectivity index (χ0) is 21.3. The highest BCUT2D eigenvalue weighted by Crippen LogP contribution is 2.39. The van der Waals surface area contributed by atoms with Gasteiger partial charge in [-0.05, 0) is 31.2 Å². The van der Waals surface area contributed by atoms with Gasteiger partial charge in [0.25, 0.3) is 0 Å². The molecule has 28 heavy (non-hydrogen) atoms. The second-order valence-electron chi connectivity index (χ2n) is 5.90. The van der Waals surface area contributed by atoms with E-state index in [0.29, 0.717) is 6.07 Å². The van der Waals surface area contributed by atoms with Crippen LogP contribution in [0.5, 0.6) is 11.5 Å². The van der Waals surface area contributed by atoms with Crippen LogP contribution in [-0.4, -0.2) is 25.2 Å². The molecule has 1 atom stereocenters. The first kappa shape index (κ1) is 21.7. The molecule has 0 aliphatic carbocycles. The van der Waals surface area contributed by atoms with Crippen molar-refractivity contribution >= 4 is 15.8 Å². The predicted octanol–water partition coefficient (Wildman–Crippen LogP) is 4.62. The number of halogens is 4. The topological polar surface area (TPSA) is 80.7 Å². The Bertz CT molecular complexity index is 1000. The van der Waals surface area contributed by atoms with Crippen molar-refractivity contribution in [1.82, 2.24) is 0 Å². The highest BCUT2D eigenvalue weighted by atomic mass is 32.2. The van der Waals surface area contributed by atoms with Gasteiger partial charge < -0.3 is 9.84 Å². The summed E-state index contributed by atoms with van der Waals surface area (Å²) in [6.07, 6.45) is -4.98. The molecule has 5 nitrogen and oxygen atoms in total. The molecule has 0 spiro atoms. The van der Waals surface area contributed by atoms with Crippen molar-refractivity contribution in [2.24, 2.45) is 0 Å². The Morgan fingerprint density at radius 1 is 1.18 bits per heavy atom. The van der Waals surface area contributed by atoms with E-state index in [1.807, 2.05) is 0 Å². The lowest BCUT2D eigenvalue weighted by atomic mass is 10.0. The van der Waals surface area contributed by atoms with E-state index in [2.05, 4.69) is 0 Å². The highest BCUT2D eigenvalue weighted by molar-refractivity contribution is 7.91. The standard InChI is InChI=1S/C18H16F4O5S/c1-3-28(25,26)16-7-5-12(9-14(16)18(20,21)22)27-15-8-11(19)4-6-13(15)10(2)17(23)24/h4-10H,3H2,1-2H3,(H,23,24). The number of rotatable bonds is 6. The van der Waals surface area contributed by atoms with Crippen LogP contribution in [0.2, 0.25) is 0 Å². The second-order valence-corrected chi connectivity index (χ2v) is 8.15. The molecular formula is C18H16F4O5S. The summed E-state index contributed by atoms with van der Waals surface area (Å²) in [4.78, 5) is 10.3. The zero-order valence-electron chi connectivity index (χ0n) is 14.7. The van der Waals surface area contributed by atoms with Gasteiger partial charge in [-0.2, -0.15) is 13.2 Å². The Morgan fingerprint density at radius 3 is 2.36 bits per heavy atom. The molecule has 1 unspecified atom stereocenters. The third-order valence-electron chi connectivity index (χ3n) is 4.01. The lowest BCUT2D eigenvalue weighted by Gasteiger charge is -2.17. The number of hydrogen-bond acceptors (Lipinski definition) is 4. The number of sulfone groups is 1. The van der Waals surface area contributed by atoms with Crippen molar-refractivity contribution in [1.29, 1.82) is 0 Å². The Balaban J connectivity index is 2.57. The predicted molar refractivity (Wildman–Crippen MR) is 91.7 cm³/mol. The summed E-state index contributed by atoms with van der Waals surface area (Å²) in [6, 6.07) is 5.25. The minimum absolute atomic E-state index is 0.0488. The molecule has 2 rings (SSSR count). The van der Waals surface area contributed by atoms with E-state index in [1.165, 1.54) is 13.8 Å². The minimum atomic E-state index is -4.98. The van der Waals surface area contributed by atoms with Gasteiger partial charge in [-0.15, -0.1) is 0 Å². The van der Waals surface area contributed by atoms with Gasteiger partial charge in [0.05, 0.1) is 22.1 Å². The molecule has 0 aliphatic heterocycles. The number of aliphatic carboxylic acids is 1. The molecule has 0 aromatic heterocycles. The molecule has 0 radical (unpaired) electrons. The fraction of sp³-hybridized carbons (Fsp3) is 0.278. The number of carboxylic acids is 1. The molecule has 0 heterocycles. The van der Waals surface area contributed by atoms with Crippen LogP contribution in [0.1, 0.15) is 30.9 Å². The van der Waals surface area contributed by atoms with Gasteiger partial charge in [0.2, 0.25) is 0 Å². The third-order valence-corrected chi connectivity index (χ3v) is 5.80. The van der Waals surface area contributed by atoms with Crippen molar-refractivity contribution in [3.8, 4) is 11.5 Å². The molecule has 2 aromatic carbocycles. The number of carboxylic acid groups (broad SMARTS) is 1.